The van der Waals surface area contributed by atoms with Crippen LogP contribution >= 0.6 is 0 Å². The summed E-state index contributed by atoms with van der Waals surface area (Å²) in [6.45, 7) is 1.90. The van der Waals surface area contributed by atoms with Gasteiger partial charge in [0.05, 0.1) is 6.42 Å². The molecule has 4 heteroatoms. The van der Waals surface area contributed by atoms with E-state index >= 15 is 0 Å². The number of nitrogens with zero attached hydrogens (tertiary/aromatic N) is 1. The third-order valence-electron chi connectivity index (χ3n) is 2.00. The predicted octanol–water partition coefficient (Wildman–Crippen LogP) is 1.76. The highest BCUT2D eigenvalue weighted by Gasteiger charge is 2.09. The standard InChI is InChI=1S/C10H9NO3/c1-6-2-7(4-9(12)13)10-8(3-6)14-5-11-10/h2-3,5H,4H2,1H3,(H,12,13). The summed E-state index contributed by atoms with van der Waals surface area (Å²) in [7, 11) is 0. The van der Waals surface area contributed by atoms with Gasteiger partial charge in [-0.05, 0) is 24.1 Å². The lowest BCUT2D eigenvalue weighted by Crippen LogP contribution is -2.01. The maximum atomic E-state index is 10.6. The Bertz CT molecular complexity index is 487. The fraction of sp³-hybridized carbons (Fsp3) is 0.200. The molecule has 0 spiro atoms. The third kappa shape index (κ3) is 1.46. The molecule has 0 aliphatic rings. The minimum absolute atomic E-state index is 0.0231. The van der Waals surface area contributed by atoms with Crippen LogP contribution in [-0.2, 0) is 11.2 Å². The zero-order chi connectivity index (χ0) is 10.1. The van der Waals surface area contributed by atoms with Crippen molar-refractivity contribution >= 4 is 17.1 Å². The number of aryl methyl sites for hydroxylation is 1. The second-order valence-electron chi connectivity index (χ2n) is 3.19. The Kier molecular flexibility index (Phi) is 1.96. The first kappa shape index (κ1) is 8.74. The molecule has 0 radical (unpaired) electrons. The number of carbonyl (C=O) groups is 1. The number of hydrogen-bond acceptors (Lipinski definition) is 3. The van der Waals surface area contributed by atoms with Gasteiger partial charge in [0.25, 0.3) is 0 Å². The normalized spacial score (nSPS) is 10.6. The Morgan fingerprint density at radius 2 is 2.36 bits per heavy atom. The van der Waals surface area contributed by atoms with Gasteiger partial charge in [0.1, 0.15) is 5.52 Å². The summed E-state index contributed by atoms with van der Waals surface area (Å²) >= 11 is 0. The quantitative estimate of drug-likeness (QED) is 0.785. The van der Waals surface area contributed by atoms with Crippen molar-refractivity contribution in [2.24, 2.45) is 0 Å². The SMILES string of the molecule is Cc1cc(CC(=O)O)c2ncoc2c1. The zero-order valence-corrected chi connectivity index (χ0v) is 7.65. The van der Waals surface area contributed by atoms with E-state index in [4.69, 9.17) is 9.52 Å². The van der Waals surface area contributed by atoms with Crippen molar-refractivity contribution in [2.45, 2.75) is 13.3 Å². The molecule has 0 unspecified atom stereocenters. The highest BCUT2D eigenvalue weighted by atomic mass is 16.4. The topological polar surface area (TPSA) is 63.3 Å². The van der Waals surface area contributed by atoms with E-state index in [1.165, 1.54) is 6.39 Å². The van der Waals surface area contributed by atoms with Crippen LogP contribution in [0.25, 0.3) is 11.1 Å². The van der Waals surface area contributed by atoms with Crippen LogP contribution in [0.1, 0.15) is 11.1 Å². The summed E-state index contributed by atoms with van der Waals surface area (Å²) in [5.74, 6) is -0.861. The minimum Gasteiger partial charge on any atom is -0.481 e. The molecule has 1 aromatic heterocycles. The van der Waals surface area contributed by atoms with Crippen molar-refractivity contribution in [1.82, 2.24) is 4.98 Å². The fourth-order valence-corrected chi connectivity index (χ4v) is 1.49. The summed E-state index contributed by atoms with van der Waals surface area (Å²) in [5.41, 5.74) is 2.95. The highest BCUT2D eigenvalue weighted by Crippen LogP contribution is 2.19. The van der Waals surface area contributed by atoms with E-state index in [1.54, 1.807) is 0 Å². The summed E-state index contributed by atoms with van der Waals surface area (Å²) in [6, 6.07) is 3.66. The average Bonchev–Trinajstić information content (AvgIpc) is 2.50. The van der Waals surface area contributed by atoms with Crippen molar-refractivity contribution in [3.05, 3.63) is 29.7 Å². The maximum Gasteiger partial charge on any atom is 0.307 e. The summed E-state index contributed by atoms with van der Waals surface area (Å²) in [5, 5.41) is 8.70. The average molecular weight is 191 g/mol. The summed E-state index contributed by atoms with van der Waals surface area (Å²) in [6.07, 6.45) is 1.31. The van der Waals surface area contributed by atoms with Crippen LogP contribution in [0.5, 0.6) is 0 Å². The van der Waals surface area contributed by atoms with E-state index in [-0.39, 0.29) is 6.42 Å². The number of aliphatic carboxylic acids is 1. The van der Waals surface area contributed by atoms with Gasteiger partial charge >= 0.3 is 5.97 Å². The Balaban J connectivity index is 2.60. The lowest BCUT2D eigenvalue weighted by atomic mass is 10.1. The molecule has 2 aromatic rings. The number of fused-ring (bicyclic) bond motifs is 1. The molecule has 0 amide bonds. The second-order valence-corrected chi connectivity index (χ2v) is 3.19. The molecule has 4 nitrogen and oxygen atoms in total. The van der Waals surface area contributed by atoms with Gasteiger partial charge in [-0.3, -0.25) is 4.79 Å². The molecule has 1 aromatic carbocycles. The number of carboxylic acids is 1. The summed E-state index contributed by atoms with van der Waals surface area (Å²) in [4.78, 5) is 14.6. The molecule has 0 saturated carbocycles. The highest BCUT2D eigenvalue weighted by molar-refractivity contribution is 5.82. The largest absolute Gasteiger partial charge is 0.481 e. The molecule has 0 atom stereocenters. The maximum absolute atomic E-state index is 10.6. The van der Waals surface area contributed by atoms with E-state index in [9.17, 15) is 4.79 Å². The number of oxazole rings is 1. The minimum atomic E-state index is -0.861. The zero-order valence-electron chi connectivity index (χ0n) is 7.65. The number of benzene rings is 1. The van der Waals surface area contributed by atoms with Crippen LogP contribution in [0.2, 0.25) is 0 Å². The van der Waals surface area contributed by atoms with Gasteiger partial charge in [-0.25, -0.2) is 4.98 Å². The number of carboxylic acid groups (broad SMARTS) is 1. The van der Waals surface area contributed by atoms with Crippen molar-refractivity contribution in [2.75, 3.05) is 0 Å². The van der Waals surface area contributed by atoms with Gasteiger partial charge in [-0.1, -0.05) is 6.07 Å². The molecule has 1 heterocycles. The predicted molar refractivity (Wildman–Crippen MR) is 50.1 cm³/mol. The van der Waals surface area contributed by atoms with Crippen LogP contribution in [0, 0.1) is 6.92 Å². The molecular formula is C10H9NO3. The van der Waals surface area contributed by atoms with E-state index in [0.717, 1.165) is 5.56 Å². The lowest BCUT2D eigenvalue weighted by molar-refractivity contribution is -0.136. The fourth-order valence-electron chi connectivity index (χ4n) is 1.49. The van der Waals surface area contributed by atoms with Crippen LogP contribution in [0.4, 0.5) is 0 Å². The van der Waals surface area contributed by atoms with Crippen molar-refractivity contribution in [3.63, 3.8) is 0 Å². The molecule has 1 N–H and O–H groups in total. The molecule has 72 valence electrons. The first-order valence-corrected chi connectivity index (χ1v) is 4.21. The van der Waals surface area contributed by atoms with E-state index < -0.39 is 5.97 Å². The first-order chi connectivity index (χ1) is 6.66. The van der Waals surface area contributed by atoms with E-state index in [2.05, 4.69) is 4.98 Å². The van der Waals surface area contributed by atoms with Crippen molar-refractivity contribution < 1.29 is 14.3 Å². The summed E-state index contributed by atoms with van der Waals surface area (Å²) < 4.78 is 5.12. The molecular weight excluding hydrogens is 182 g/mol. The monoisotopic (exact) mass is 191 g/mol. The first-order valence-electron chi connectivity index (χ1n) is 4.21. The van der Waals surface area contributed by atoms with Crippen LogP contribution in [0.3, 0.4) is 0 Å². The van der Waals surface area contributed by atoms with Crippen LogP contribution in [-0.4, -0.2) is 16.1 Å². The van der Waals surface area contributed by atoms with Gasteiger partial charge in [0.2, 0.25) is 0 Å². The number of aromatic nitrogens is 1. The third-order valence-corrected chi connectivity index (χ3v) is 2.00. The van der Waals surface area contributed by atoms with Crippen LogP contribution in [0.15, 0.2) is 22.9 Å². The number of hydrogen-bond donors (Lipinski definition) is 1. The van der Waals surface area contributed by atoms with Gasteiger partial charge < -0.3 is 9.52 Å². The number of rotatable bonds is 2. The van der Waals surface area contributed by atoms with E-state index in [0.29, 0.717) is 16.7 Å². The molecule has 0 bridgehead atoms. The van der Waals surface area contributed by atoms with Gasteiger partial charge in [0, 0.05) is 0 Å². The van der Waals surface area contributed by atoms with Crippen molar-refractivity contribution in [1.29, 1.82) is 0 Å². The van der Waals surface area contributed by atoms with Crippen LogP contribution < -0.4 is 0 Å². The molecule has 0 saturated heterocycles. The molecule has 0 aliphatic heterocycles. The van der Waals surface area contributed by atoms with Gasteiger partial charge in [-0.2, -0.15) is 0 Å². The molecule has 0 fully saturated rings. The van der Waals surface area contributed by atoms with Gasteiger partial charge in [0.15, 0.2) is 12.0 Å². The van der Waals surface area contributed by atoms with Gasteiger partial charge in [-0.15, -0.1) is 0 Å². The Hall–Kier alpha value is -1.84. The Labute approximate surface area is 80.2 Å². The van der Waals surface area contributed by atoms with Crippen molar-refractivity contribution in [3.8, 4) is 0 Å². The second kappa shape index (κ2) is 3.14. The smallest absolute Gasteiger partial charge is 0.307 e. The van der Waals surface area contributed by atoms with E-state index in [1.807, 2.05) is 19.1 Å². The Morgan fingerprint density at radius 1 is 1.57 bits per heavy atom. The lowest BCUT2D eigenvalue weighted by Gasteiger charge is -1.99. The Morgan fingerprint density at radius 3 is 3.07 bits per heavy atom. The molecule has 2 rings (SSSR count). The molecule has 14 heavy (non-hydrogen) atoms. The molecule has 0 aliphatic carbocycles.